The zero-order valence-electron chi connectivity index (χ0n) is 13.8. The fourth-order valence-corrected chi connectivity index (χ4v) is 3.38. The van der Waals surface area contributed by atoms with Crippen molar-refractivity contribution in [3.8, 4) is 0 Å². The van der Waals surface area contributed by atoms with Gasteiger partial charge in [-0.1, -0.05) is 11.8 Å². The standard InChI is InChI=1S/C16H22FN3O2S/c1-15(2,3)22-14(21)19-13-20-16(4,7-8-23-13)11-9-10(18)5-6-12(11)17/h5-6,9H,7-8,18H2,1-4H3,(H,19,20,21)/t16-/m0/s1. The highest BCUT2D eigenvalue weighted by Crippen LogP contribution is 2.37. The monoisotopic (exact) mass is 339 g/mol. The third-order valence-corrected chi connectivity index (χ3v) is 4.23. The van der Waals surface area contributed by atoms with Gasteiger partial charge in [0.25, 0.3) is 0 Å². The Hall–Kier alpha value is -1.76. The maximum Gasteiger partial charge on any atom is 0.413 e. The van der Waals surface area contributed by atoms with E-state index in [-0.39, 0.29) is 5.82 Å². The number of alkyl carbamates (subject to hydrolysis) is 1. The first-order chi connectivity index (χ1) is 10.6. The Balaban J connectivity index is 2.23. The quantitative estimate of drug-likeness (QED) is 0.766. The number of aliphatic imine (C=N–C) groups is 1. The predicted molar refractivity (Wildman–Crippen MR) is 92.0 cm³/mol. The molecule has 1 aromatic carbocycles. The number of nitrogens with zero attached hydrogens (tertiary/aromatic N) is 1. The molecule has 126 valence electrons. The van der Waals surface area contributed by atoms with E-state index in [0.29, 0.717) is 28.6 Å². The van der Waals surface area contributed by atoms with Crippen LogP contribution in [0.4, 0.5) is 14.9 Å². The molecule has 0 bridgehead atoms. The van der Waals surface area contributed by atoms with Gasteiger partial charge in [-0.05, 0) is 52.3 Å². The van der Waals surface area contributed by atoms with E-state index >= 15 is 0 Å². The summed E-state index contributed by atoms with van der Waals surface area (Å²) >= 11 is 1.41. The molecule has 7 heteroatoms. The number of nitrogens with one attached hydrogen (secondary N) is 1. The smallest absolute Gasteiger partial charge is 0.413 e. The first kappa shape index (κ1) is 17.6. The highest BCUT2D eigenvalue weighted by molar-refractivity contribution is 8.13. The normalized spacial score (nSPS) is 21.5. The SMILES string of the molecule is CC(C)(C)OC(=O)NC1=N[C@](C)(c2cc(N)ccc2F)CCS1. The van der Waals surface area contributed by atoms with Gasteiger partial charge in [-0.2, -0.15) is 0 Å². The molecule has 0 unspecified atom stereocenters. The van der Waals surface area contributed by atoms with Gasteiger partial charge in [0.05, 0.1) is 5.54 Å². The summed E-state index contributed by atoms with van der Waals surface area (Å²) in [6, 6.07) is 4.46. The minimum absolute atomic E-state index is 0.353. The van der Waals surface area contributed by atoms with Crippen LogP contribution in [0.5, 0.6) is 0 Å². The van der Waals surface area contributed by atoms with Crippen LogP contribution in [-0.2, 0) is 10.3 Å². The summed E-state index contributed by atoms with van der Waals surface area (Å²) in [5, 5.41) is 3.06. The van der Waals surface area contributed by atoms with Gasteiger partial charge < -0.3 is 10.5 Å². The number of amidine groups is 1. The van der Waals surface area contributed by atoms with Crippen LogP contribution in [0.1, 0.15) is 39.7 Å². The average Bonchev–Trinajstić information content (AvgIpc) is 2.39. The summed E-state index contributed by atoms with van der Waals surface area (Å²) < 4.78 is 19.4. The van der Waals surface area contributed by atoms with Crippen molar-refractivity contribution in [2.45, 2.75) is 45.3 Å². The van der Waals surface area contributed by atoms with E-state index < -0.39 is 17.2 Å². The molecular weight excluding hydrogens is 317 g/mol. The van der Waals surface area contributed by atoms with Gasteiger partial charge in [0.2, 0.25) is 0 Å². The second-order valence-corrected chi connectivity index (χ2v) is 7.74. The van der Waals surface area contributed by atoms with Gasteiger partial charge in [0.1, 0.15) is 11.4 Å². The zero-order chi connectivity index (χ0) is 17.3. The van der Waals surface area contributed by atoms with Crippen LogP contribution in [0.25, 0.3) is 0 Å². The summed E-state index contributed by atoms with van der Waals surface area (Å²) in [6.07, 6.45) is 0.0819. The molecule has 1 amide bonds. The Morgan fingerprint density at radius 3 is 2.83 bits per heavy atom. The Morgan fingerprint density at radius 1 is 1.48 bits per heavy atom. The van der Waals surface area contributed by atoms with Crippen molar-refractivity contribution in [3.05, 3.63) is 29.6 Å². The molecule has 1 aliphatic rings. The minimum Gasteiger partial charge on any atom is -0.444 e. The summed E-state index contributed by atoms with van der Waals surface area (Å²) in [5.41, 5.74) is 5.32. The number of thioether (sulfide) groups is 1. The first-order valence-electron chi connectivity index (χ1n) is 7.37. The van der Waals surface area contributed by atoms with Crippen LogP contribution in [-0.4, -0.2) is 22.6 Å². The predicted octanol–water partition coefficient (Wildman–Crippen LogP) is 3.64. The Morgan fingerprint density at radius 2 is 2.17 bits per heavy atom. The lowest BCUT2D eigenvalue weighted by atomic mass is 9.89. The molecule has 0 aliphatic carbocycles. The zero-order valence-corrected chi connectivity index (χ0v) is 14.6. The number of hydrogen-bond acceptors (Lipinski definition) is 5. The van der Waals surface area contributed by atoms with Crippen LogP contribution in [0.3, 0.4) is 0 Å². The molecule has 5 nitrogen and oxygen atoms in total. The summed E-state index contributed by atoms with van der Waals surface area (Å²) in [6.45, 7) is 7.19. The number of nitrogen functional groups attached to an aromatic ring is 1. The van der Waals surface area contributed by atoms with Crippen molar-refractivity contribution < 1.29 is 13.9 Å². The molecule has 0 fully saturated rings. The number of benzene rings is 1. The van der Waals surface area contributed by atoms with Crippen molar-refractivity contribution >= 4 is 28.7 Å². The lowest BCUT2D eigenvalue weighted by Gasteiger charge is -2.31. The number of ether oxygens (including phenoxy) is 1. The van der Waals surface area contributed by atoms with E-state index in [9.17, 15) is 9.18 Å². The van der Waals surface area contributed by atoms with Crippen LogP contribution < -0.4 is 11.1 Å². The van der Waals surface area contributed by atoms with E-state index in [1.54, 1.807) is 26.8 Å². The molecular formula is C16H22FN3O2S. The topological polar surface area (TPSA) is 76.7 Å². The van der Waals surface area contributed by atoms with Crippen molar-refractivity contribution in [1.82, 2.24) is 5.32 Å². The van der Waals surface area contributed by atoms with Crippen LogP contribution in [0, 0.1) is 5.82 Å². The molecule has 1 aliphatic heterocycles. The number of rotatable bonds is 1. The Bertz CT molecular complexity index is 643. The van der Waals surface area contributed by atoms with E-state index in [4.69, 9.17) is 10.5 Å². The summed E-state index contributed by atoms with van der Waals surface area (Å²) in [5.74, 6) is 0.355. The highest BCUT2D eigenvalue weighted by atomic mass is 32.2. The average molecular weight is 339 g/mol. The van der Waals surface area contributed by atoms with E-state index in [1.807, 2.05) is 6.92 Å². The first-order valence-corrected chi connectivity index (χ1v) is 8.36. The molecule has 1 heterocycles. The number of nitrogens with two attached hydrogens (primary N) is 1. The van der Waals surface area contributed by atoms with E-state index in [2.05, 4.69) is 10.3 Å². The van der Waals surface area contributed by atoms with Crippen molar-refractivity contribution in [1.29, 1.82) is 0 Å². The molecule has 0 saturated carbocycles. The molecule has 0 saturated heterocycles. The third-order valence-electron chi connectivity index (χ3n) is 3.35. The third kappa shape index (κ3) is 4.60. The minimum atomic E-state index is -0.769. The number of halogens is 1. The van der Waals surface area contributed by atoms with Gasteiger partial charge in [0, 0.05) is 17.0 Å². The molecule has 0 spiro atoms. The van der Waals surface area contributed by atoms with Gasteiger partial charge in [-0.3, -0.25) is 10.3 Å². The van der Waals surface area contributed by atoms with Crippen molar-refractivity contribution in [3.63, 3.8) is 0 Å². The highest BCUT2D eigenvalue weighted by Gasteiger charge is 2.33. The number of anilines is 1. The molecule has 3 N–H and O–H groups in total. The van der Waals surface area contributed by atoms with E-state index in [1.165, 1.54) is 23.9 Å². The molecule has 2 rings (SSSR count). The lowest BCUT2D eigenvalue weighted by Crippen LogP contribution is -2.38. The largest absolute Gasteiger partial charge is 0.444 e. The van der Waals surface area contributed by atoms with Crippen molar-refractivity contribution in [2.24, 2.45) is 4.99 Å². The maximum atomic E-state index is 14.2. The van der Waals surface area contributed by atoms with Crippen molar-refractivity contribution in [2.75, 3.05) is 11.5 Å². The molecule has 1 atom stereocenters. The van der Waals surface area contributed by atoms with Gasteiger partial charge >= 0.3 is 6.09 Å². The Kier molecular flexibility index (Phi) is 4.89. The maximum absolute atomic E-state index is 14.2. The van der Waals surface area contributed by atoms with Crippen LogP contribution in [0.15, 0.2) is 23.2 Å². The van der Waals surface area contributed by atoms with Gasteiger partial charge in [0.15, 0.2) is 5.17 Å². The van der Waals surface area contributed by atoms with Crippen LogP contribution in [0.2, 0.25) is 0 Å². The van der Waals surface area contributed by atoms with Gasteiger partial charge in [-0.25, -0.2) is 9.18 Å². The molecule has 0 radical (unpaired) electrons. The summed E-state index contributed by atoms with van der Waals surface area (Å²) in [7, 11) is 0. The number of carbonyl (C=O) groups is 1. The molecule has 23 heavy (non-hydrogen) atoms. The molecule has 1 aromatic rings. The number of amides is 1. The fraction of sp³-hybridized carbons (Fsp3) is 0.500. The second kappa shape index (κ2) is 6.39. The number of carbonyl (C=O) groups excluding carboxylic acids is 1. The van der Waals surface area contributed by atoms with E-state index in [0.717, 1.165) is 0 Å². The lowest BCUT2D eigenvalue weighted by molar-refractivity contribution is 0.0564. The second-order valence-electron chi connectivity index (χ2n) is 6.66. The van der Waals surface area contributed by atoms with Gasteiger partial charge in [-0.15, -0.1) is 0 Å². The Labute approximate surface area is 139 Å². The molecule has 0 aromatic heterocycles. The number of hydrogen-bond donors (Lipinski definition) is 2. The summed E-state index contributed by atoms with van der Waals surface area (Å²) in [4.78, 5) is 16.4. The van der Waals surface area contributed by atoms with Crippen LogP contribution >= 0.6 is 11.8 Å². The fourth-order valence-electron chi connectivity index (χ4n) is 2.26.